The predicted octanol–water partition coefficient (Wildman–Crippen LogP) is 5.01. The third-order valence-electron chi connectivity index (χ3n) is 4.13. The number of fused-ring (bicyclic) bond motifs is 1. The third kappa shape index (κ3) is 3.97. The molecule has 0 amide bonds. The molecule has 0 atom stereocenters. The summed E-state index contributed by atoms with van der Waals surface area (Å²) in [5, 5.41) is 4.68. The van der Waals surface area contributed by atoms with Crippen molar-refractivity contribution in [1.82, 2.24) is 15.0 Å². The summed E-state index contributed by atoms with van der Waals surface area (Å²) in [7, 11) is 1.60. The molecule has 0 saturated heterocycles. The Morgan fingerprint density at radius 2 is 1.93 bits per heavy atom. The summed E-state index contributed by atoms with van der Waals surface area (Å²) in [5.41, 5.74) is 2.53. The Bertz CT molecular complexity index is 1120. The highest BCUT2D eigenvalue weighted by atomic mass is 35.5. The van der Waals surface area contributed by atoms with Gasteiger partial charge in [0.05, 0.1) is 24.5 Å². The first-order valence-electron chi connectivity index (χ1n) is 8.61. The van der Waals surface area contributed by atoms with Gasteiger partial charge in [-0.3, -0.25) is 0 Å². The number of anilines is 2. The fourth-order valence-electron chi connectivity index (χ4n) is 2.75. The maximum atomic E-state index is 6.11. The van der Waals surface area contributed by atoms with Crippen LogP contribution in [0, 0.1) is 0 Å². The standard InChI is InChI=1S/C21H17ClN4O2/c1-27-19-9-8-15(26-21-17(22)11-23-13-24-21)10-20(19)28-12-16-7-6-14-4-2-3-5-18(14)25-16/h2-11,13H,12H2,1H3,(H,23,24,26). The van der Waals surface area contributed by atoms with Crippen molar-refractivity contribution in [2.45, 2.75) is 6.61 Å². The van der Waals surface area contributed by atoms with E-state index in [0.717, 1.165) is 22.3 Å². The van der Waals surface area contributed by atoms with Crippen LogP contribution in [-0.2, 0) is 6.61 Å². The van der Waals surface area contributed by atoms with E-state index in [2.05, 4.69) is 20.3 Å². The Hall–Kier alpha value is -3.38. The van der Waals surface area contributed by atoms with Crippen LogP contribution in [-0.4, -0.2) is 22.1 Å². The minimum atomic E-state index is 0.318. The Labute approximate surface area is 167 Å². The zero-order valence-corrected chi connectivity index (χ0v) is 15.8. The van der Waals surface area contributed by atoms with Gasteiger partial charge in [0, 0.05) is 17.1 Å². The van der Waals surface area contributed by atoms with E-state index >= 15 is 0 Å². The van der Waals surface area contributed by atoms with Gasteiger partial charge in [0.1, 0.15) is 18.0 Å². The number of pyridine rings is 1. The Morgan fingerprint density at radius 1 is 1.04 bits per heavy atom. The molecule has 1 N–H and O–H groups in total. The number of benzene rings is 2. The molecule has 4 aromatic rings. The molecule has 0 unspecified atom stereocenters. The average Bonchev–Trinajstić information content (AvgIpc) is 2.74. The van der Waals surface area contributed by atoms with E-state index in [1.165, 1.54) is 12.5 Å². The molecule has 0 radical (unpaired) electrons. The number of nitrogens with one attached hydrogen (secondary N) is 1. The van der Waals surface area contributed by atoms with Crippen molar-refractivity contribution < 1.29 is 9.47 Å². The van der Waals surface area contributed by atoms with Gasteiger partial charge in [-0.25, -0.2) is 15.0 Å². The van der Waals surface area contributed by atoms with Crippen molar-refractivity contribution in [1.29, 1.82) is 0 Å². The molecule has 6 nitrogen and oxygen atoms in total. The van der Waals surface area contributed by atoms with Crippen LogP contribution in [0.5, 0.6) is 11.5 Å². The van der Waals surface area contributed by atoms with Gasteiger partial charge in [-0.2, -0.15) is 0 Å². The molecule has 0 saturated carbocycles. The molecule has 28 heavy (non-hydrogen) atoms. The zero-order valence-electron chi connectivity index (χ0n) is 15.1. The molecule has 4 rings (SSSR count). The molecular formula is C21H17ClN4O2. The second kappa shape index (κ2) is 8.10. The summed E-state index contributed by atoms with van der Waals surface area (Å²) in [5.74, 6) is 1.73. The van der Waals surface area contributed by atoms with Gasteiger partial charge in [0.25, 0.3) is 0 Å². The molecule has 0 bridgehead atoms. The highest BCUT2D eigenvalue weighted by Crippen LogP contribution is 2.32. The van der Waals surface area contributed by atoms with Crippen molar-refractivity contribution in [3.63, 3.8) is 0 Å². The number of ether oxygens (including phenoxy) is 2. The van der Waals surface area contributed by atoms with E-state index in [1.54, 1.807) is 7.11 Å². The Kier molecular flexibility index (Phi) is 5.21. The summed E-state index contributed by atoms with van der Waals surface area (Å²) in [6.45, 7) is 0.318. The Morgan fingerprint density at radius 3 is 2.79 bits per heavy atom. The van der Waals surface area contributed by atoms with E-state index in [9.17, 15) is 0 Å². The molecular weight excluding hydrogens is 376 g/mol. The quantitative estimate of drug-likeness (QED) is 0.497. The molecule has 0 spiro atoms. The number of para-hydroxylation sites is 1. The molecule has 7 heteroatoms. The van der Waals surface area contributed by atoms with Crippen molar-refractivity contribution in [3.05, 3.63) is 77.8 Å². The SMILES string of the molecule is COc1ccc(Nc2ncncc2Cl)cc1OCc1ccc2ccccc2n1. The molecule has 2 aromatic heterocycles. The van der Waals surface area contributed by atoms with Gasteiger partial charge >= 0.3 is 0 Å². The number of hydrogen-bond donors (Lipinski definition) is 1. The average molecular weight is 393 g/mol. The normalized spacial score (nSPS) is 10.6. The lowest BCUT2D eigenvalue weighted by Gasteiger charge is -2.13. The fourth-order valence-corrected chi connectivity index (χ4v) is 2.90. The smallest absolute Gasteiger partial charge is 0.163 e. The highest BCUT2D eigenvalue weighted by molar-refractivity contribution is 6.32. The lowest BCUT2D eigenvalue weighted by atomic mass is 10.2. The van der Waals surface area contributed by atoms with Crippen LogP contribution < -0.4 is 14.8 Å². The van der Waals surface area contributed by atoms with E-state index in [0.29, 0.717) is 28.9 Å². The van der Waals surface area contributed by atoms with Crippen molar-refractivity contribution >= 4 is 34.0 Å². The molecule has 2 aromatic carbocycles. The highest BCUT2D eigenvalue weighted by Gasteiger charge is 2.09. The van der Waals surface area contributed by atoms with Gasteiger partial charge in [0.15, 0.2) is 17.3 Å². The van der Waals surface area contributed by atoms with E-state index in [-0.39, 0.29) is 0 Å². The monoisotopic (exact) mass is 392 g/mol. The lowest BCUT2D eigenvalue weighted by molar-refractivity contribution is 0.281. The van der Waals surface area contributed by atoms with Gasteiger partial charge < -0.3 is 14.8 Å². The van der Waals surface area contributed by atoms with Gasteiger partial charge in [-0.1, -0.05) is 35.9 Å². The van der Waals surface area contributed by atoms with Crippen LogP contribution in [0.2, 0.25) is 5.02 Å². The molecule has 140 valence electrons. The van der Waals surface area contributed by atoms with E-state index in [1.807, 2.05) is 54.6 Å². The maximum absolute atomic E-state index is 6.11. The van der Waals surface area contributed by atoms with E-state index in [4.69, 9.17) is 21.1 Å². The molecule has 2 heterocycles. The maximum Gasteiger partial charge on any atom is 0.163 e. The molecule has 0 aliphatic carbocycles. The number of methoxy groups -OCH3 is 1. The van der Waals surface area contributed by atoms with Crippen molar-refractivity contribution in [2.24, 2.45) is 0 Å². The number of aromatic nitrogens is 3. The van der Waals surface area contributed by atoms with Crippen molar-refractivity contribution in [3.8, 4) is 11.5 Å². The fraction of sp³-hybridized carbons (Fsp3) is 0.0952. The van der Waals surface area contributed by atoms with E-state index < -0.39 is 0 Å². The largest absolute Gasteiger partial charge is 0.493 e. The first-order valence-corrected chi connectivity index (χ1v) is 8.99. The first-order chi connectivity index (χ1) is 13.7. The van der Waals surface area contributed by atoms with Crippen LogP contribution >= 0.6 is 11.6 Å². The topological polar surface area (TPSA) is 69.2 Å². The second-order valence-corrected chi connectivity index (χ2v) is 6.40. The third-order valence-corrected chi connectivity index (χ3v) is 4.40. The van der Waals surface area contributed by atoms with Crippen LogP contribution in [0.4, 0.5) is 11.5 Å². The second-order valence-electron chi connectivity index (χ2n) is 5.99. The number of halogens is 1. The molecule has 0 aliphatic heterocycles. The van der Waals surface area contributed by atoms with Crippen LogP contribution in [0.1, 0.15) is 5.69 Å². The van der Waals surface area contributed by atoms with Gasteiger partial charge in [0.2, 0.25) is 0 Å². The minimum Gasteiger partial charge on any atom is -0.493 e. The summed E-state index contributed by atoms with van der Waals surface area (Å²) in [6.07, 6.45) is 2.96. The summed E-state index contributed by atoms with van der Waals surface area (Å²) < 4.78 is 11.4. The number of nitrogens with zero attached hydrogens (tertiary/aromatic N) is 3. The lowest BCUT2D eigenvalue weighted by Crippen LogP contribution is -2.01. The molecule has 0 aliphatic rings. The number of rotatable bonds is 6. The summed E-state index contributed by atoms with van der Waals surface area (Å²) in [4.78, 5) is 12.6. The van der Waals surface area contributed by atoms with Crippen LogP contribution in [0.3, 0.4) is 0 Å². The summed E-state index contributed by atoms with van der Waals surface area (Å²) >= 11 is 6.11. The van der Waals surface area contributed by atoms with Gasteiger partial charge in [-0.15, -0.1) is 0 Å². The Balaban J connectivity index is 1.54. The zero-order chi connectivity index (χ0) is 19.3. The number of hydrogen-bond acceptors (Lipinski definition) is 6. The minimum absolute atomic E-state index is 0.318. The van der Waals surface area contributed by atoms with Crippen LogP contribution in [0.25, 0.3) is 10.9 Å². The van der Waals surface area contributed by atoms with Gasteiger partial charge in [-0.05, 0) is 24.3 Å². The van der Waals surface area contributed by atoms with Crippen LogP contribution in [0.15, 0.2) is 67.1 Å². The predicted molar refractivity (Wildman–Crippen MR) is 109 cm³/mol. The first kappa shape index (κ1) is 18.0. The van der Waals surface area contributed by atoms with Crippen molar-refractivity contribution in [2.75, 3.05) is 12.4 Å². The molecule has 0 fully saturated rings. The summed E-state index contributed by atoms with van der Waals surface area (Å²) in [6, 6.07) is 17.5.